The topological polar surface area (TPSA) is 109 Å². The first-order valence-corrected chi connectivity index (χ1v) is 9.75. The summed E-state index contributed by atoms with van der Waals surface area (Å²) >= 11 is 3.20. The Balaban J connectivity index is 1.39. The maximum absolute atomic E-state index is 12.1. The first-order chi connectivity index (χ1) is 14.4. The summed E-state index contributed by atoms with van der Waals surface area (Å²) < 4.78 is 23.6. The van der Waals surface area contributed by atoms with Gasteiger partial charge in [-0.25, -0.2) is 4.79 Å². The van der Waals surface area contributed by atoms with Crippen LogP contribution >= 0.6 is 15.9 Å². The molecule has 0 aliphatic heterocycles. The average molecular weight is 473 g/mol. The molecule has 0 aliphatic rings. The van der Waals surface area contributed by atoms with Crippen LogP contribution in [0.5, 0.6) is 0 Å². The van der Waals surface area contributed by atoms with Gasteiger partial charge in [0, 0.05) is 23.5 Å². The number of esters is 1. The van der Waals surface area contributed by atoms with Crippen molar-refractivity contribution in [2.45, 2.75) is 27.4 Å². The van der Waals surface area contributed by atoms with Gasteiger partial charge in [0.1, 0.15) is 5.76 Å². The predicted octanol–water partition coefficient (Wildman–Crippen LogP) is 4.55. The Morgan fingerprint density at radius 3 is 2.73 bits per heavy atom. The highest BCUT2D eigenvalue weighted by Crippen LogP contribution is 2.24. The minimum atomic E-state index is -0.530. The van der Waals surface area contributed by atoms with Gasteiger partial charge in [0.2, 0.25) is 0 Å². The fraction of sp³-hybridized carbons (Fsp3) is 0.200. The lowest BCUT2D eigenvalue weighted by molar-refractivity contribution is -0.139. The van der Waals surface area contributed by atoms with Gasteiger partial charge in [-0.2, -0.15) is 0 Å². The van der Waals surface area contributed by atoms with Gasteiger partial charge < -0.3 is 18.1 Å². The van der Waals surface area contributed by atoms with E-state index in [0.29, 0.717) is 16.2 Å². The summed E-state index contributed by atoms with van der Waals surface area (Å²) in [5.74, 6) is 1.68. The highest BCUT2D eigenvalue weighted by molar-refractivity contribution is 9.10. The molecular formula is C20H17BrN4O5. The smallest absolute Gasteiger partial charge is 0.331 e. The first kappa shape index (κ1) is 19.9. The average Bonchev–Trinajstić information content (AvgIpc) is 3.47. The SMILES string of the molecule is Cc1cc(-n2c(C)cc(/C=C/C(=O)OCc3nnc(-c4ccc(Br)o4)o3)c2C)no1. The number of ether oxygens (including phenoxy) is 1. The normalized spacial score (nSPS) is 11.5. The quantitative estimate of drug-likeness (QED) is 0.296. The van der Waals surface area contributed by atoms with E-state index >= 15 is 0 Å². The summed E-state index contributed by atoms with van der Waals surface area (Å²) in [6.07, 6.45) is 3.04. The molecule has 0 radical (unpaired) electrons. The number of aryl methyl sites for hydroxylation is 2. The van der Waals surface area contributed by atoms with Crippen molar-refractivity contribution in [3.63, 3.8) is 0 Å². The van der Waals surface area contributed by atoms with E-state index in [1.807, 2.05) is 37.5 Å². The van der Waals surface area contributed by atoms with Crippen molar-refractivity contribution in [3.05, 3.63) is 63.6 Å². The molecule has 0 saturated carbocycles. The molecule has 0 aliphatic carbocycles. The molecule has 0 unspecified atom stereocenters. The van der Waals surface area contributed by atoms with Crippen LogP contribution in [0, 0.1) is 20.8 Å². The molecule has 4 heterocycles. The van der Waals surface area contributed by atoms with Crippen LogP contribution in [-0.4, -0.2) is 25.9 Å². The third-order valence-corrected chi connectivity index (χ3v) is 4.73. The van der Waals surface area contributed by atoms with Crippen molar-refractivity contribution in [1.29, 1.82) is 0 Å². The van der Waals surface area contributed by atoms with Crippen LogP contribution in [0.15, 0.2) is 48.4 Å². The summed E-state index contributed by atoms with van der Waals surface area (Å²) in [5.41, 5.74) is 2.77. The van der Waals surface area contributed by atoms with Gasteiger partial charge in [-0.15, -0.1) is 10.2 Å². The minimum Gasteiger partial charge on any atom is -0.452 e. The molecule has 0 fully saturated rings. The summed E-state index contributed by atoms with van der Waals surface area (Å²) in [7, 11) is 0. The van der Waals surface area contributed by atoms with E-state index in [1.165, 1.54) is 6.08 Å². The molecule has 0 N–H and O–H groups in total. The second-order valence-corrected chi connectivity index (χ2v) is 7.28. The second-order valence-electron chi connectivity index (χ2n) is 6.50. The van der Waals surface area contributed by atoms with E-state index in [9.17, 15) is 4.79 Å². The first-order valence-electron chi connectivity index (χ1n) is 8.96. The molecule has 154 valence electrons. The predicted molar refractivity (Wildman–Crippen MR) is 109 cm³/mol. The summed E-state index contributed by atoms with van der Waals surface area (Å²) in [6, 6.07) is 7.20. The largest absolute Gasteiger partial charge is 0.452 e. The van der Waals surface area contributed by atoms with Gasteiger partial charge in [0.15, 0.2) is 22.9 Å². The zero-order valence-corrected chi connectivity index (χ0v) is 18.0. The maximum Gasteiger partial charge on any atom is 0.331 e. The molecule has 0 aromatic carbocycles. The Kier molecular flexibility index (Phi) is 5.40. The van der Waals surface area contributed by atoms with Gasteiger partial charge in [-0.3, -0.25) is 4.57 Å². The van der Waals surface area contributed by atoms with E-state index in [4.69, 9.17) is 18.1 Å². The van der Waals surface area contributed by atoms with Crippen LogP contribution in [0.3, 0.4) is 0 Å². The van der Waals surface area contributed by atoms with E-state index in [2.05, 4.69) is 31.3 Å². The third kappa shape index (κ3) is 4.13. The summed E-state index contributed by atoms with van der Waals surface area (Å²) in [6.45, 7) is 5.59. The fourth-order valence-corrected chi connectivity index (χ4v) is 3.25. The van der Waals surface area contributed by atoms with Crippen LogP contribution in [0.2, 0.25) is 0 Å². The Bertz CT molecular complexity index is 1230. The second kappa shape index (κ2) is 8.15. The molecule has 30 heavy (non-hydrogen) atoms. The molecule has 0 amide bonds. The lowest BCUT2D eigenvalue weighted by Crippen LogP contribution is -2.01. The molecule has 9 nitrogen and oxygen atoms in total. The van der Waals surface area contributed by atoms with Gasteiger partial charge in [0.05, 0.1) is 0 Å². The van der Waals surface area contributed by atoms with Crippen molar-refractivity contribution in [3.8, 4) is 17.5 Å². The van der Waals surface area contributed by atoms with Crippen molar-refractivity contribution >= 4 is 28.0 Å². The molecule has 0 spiro atoms. The van der Waals surface area contributed by atoms with Crippen LogP contribution in [0.1, 0.15) is 28.6 Å². The Morgan fingerprint density at radius 1 is 1.20 bits per heavy atom. The van der Waals surface area contributed by atoms with E-state index in [1.54, 1.807) is 18.2 Å². The number of furan rings is 1. The highest BCUT2D eigenvalue weighted by atomic mass is 79.9. The van der Waals surface area contributed by atoms with Gasteiger partial charge in [-0.1, -0.05) is 5.16 Å². The van der Waals surface area contributed by atoms with Gasteiger partial charge in [-0.05, 0) is 66.5 Å². The van der Waals surface area contributed by atoms with Crippen LogP contribution in [0.4, 0.5) is 0 Å². The van der Waals surface area contributed by atoms with Crippen LogP contribution in [0.25, 0.3) is 23.5 Å². The molecular weight excluding hydrogens is 456 g/mol. The minimum absolute atomic E-state index is 0.144. The van der Waals surface area contributed by atoms with Gasteiger partial charge in [0.25, 0.3) is 11.8 Å². The van der Waals surface area contributed by atoms with E-state index in [0.717, 1.165) is 22.7 Å². The molecule has 4 aromatic rings. The van der Waals surface area contributed by atoms with Gasteiger partial charge >= 0.3 is 5.97 Å². The number of halogens is 1. The number of carbonyl (C=O) groups is 1. The standard InChI is InChI=1S/C20H17BrN4O5/c1-11-8-14(13(3)25(11)17-9-12(2)30-24-17)4-7-19(26)27-10-18-22-23-20(29-18)15-5-6-16(21)28-15/h4-9H,10H2,1-3H3/b7-4+. The van der Waals surface area contributed by atoms with E-state index < -0.39 is 5.97 Å². The van der Waals surface area contributed by atoms with Crippen LogP contribution in [-0.2, 0) is 16.1 Å². The third-order valence-electron chi connectivity index (χ3n) is 4.30. The number of rotatable bonds is 6. The monoisotopic (exact) mass is 472 g/mol. The Hall–Kier alpha value is -3.40. The fourth-order valence-electron chi connectivity index (χ4n) is 2.95. The molecule has 10 heteroatoms. The highest BCUT2D eigenvalue weighted by Gasteiger charge is 2.14. The summed E-state index contributed by atoms with van der Waals surface area (Å²) in [5, 5.41) is 11.8. The molecule has 4 rings (SSSR count). The lowest BCUT2D eigenvalue weighted by atomic mass is 10.2. The van der Waals surface area contributed by atoms with Crippen LogP contribution < -0.4 is 0 Å². The molecule has 0 atom stereocenters. The number of hydrogen-bond donors (Lipinski definition) is 0. The van der Waals surface area contributed by atoms with Crippen molar-refractivity contribution in [1.82, 2.24) is 19.9 Å². The lowest BCUT2D eigenvalue weighted by Gasteiger charge is -2.03. The number of nitrogens with zero attached hydrogens (tertiary/aromatic N) is 4. The molecule has 0 bridgehead atoms. The number of hydrogen-bond acceptors (Lipinski definition) is 8. The zero-order chi connectivity index (χ0) is 21.3. The molecule has 0 saturated heterocycles. The van der Waals surface area contributed by atoms with E-state index in [-0.39, 0.29) is 18.4 Å². The van der Waals surface area contributed by atoms with Crippen molar-refractivity contribution in [2.75, 3.05) is 0 Å². The van der Waals surface area contributed by atoms with Crippen molar-refractivity contribution in [2.24, 2.45) is 0 Å². The Labute approximate surface area is 179 Å². The number of carbonyl (C=O) groups excluding carboxylic acids is 1. The van der Waals surface area contributed by atoms with Crippen molar-refractivity contribution < 1.29 is 22.9 Å². The maximum atomic E-state index is 12.1. The number of aromatic nitrogens is 4. The Morgan fingerprint density at radius 2 is 2.03 bits per heavy atom. The summed E-state index contributed by atoms with van der Waals surface area (Å²) in [4.78, 5) is 12.1. The zero-order valence-electron chi connectivity index (χ0n) is 16.4. The molecule has 4 aromatic heterocycles.